The Morgan fingerprint density at radius 1 is 1.16 bits per heavy atom. The van der Waals surface area contributed by atoms with Crippen molar-refractivity contribution in [3.8, 4) is 0 Å². The number of benzene rings is 1. The molecular weight excluding hydrogens is 329 g/mol. The zero-order valence-corrected chi connectivity index (χ0v) is 17.5. The molecule has 25 heavy (non-hydrogen) atoms. The molecule has 0 N–H and O–H groups in total. The standard InChI is InChI=1S/C21H32FNOSi/c1-7-20-19(17-10-12-18(22)13-11-17)9-8-14-23(20)15-16-24-25(5,6)21(2,3)4/h8-14,20H,7,15-16H2,1-6H3. The van der Waals surface area contributed by atoms with Gasteiger partial charge < -0.3 is 9.33 Å². The monoisotopic (exact) mass is 361 g/mol. The van der Waals surface area contributed by atoms with Gasteiger partial charge in [0.25, 0.3) is 0 Å². The first-order valence-electron chi connectivity index (χ1n) is 9.20. The molecule has 1 aliphatic heterocycles. The predicted molar refractivity (Wildman–Crippen MR) is 107 cm³/mol. The molecule has 1 unspecified atom stereocenters. The molecule has 1 aromatic rings. The summed E-state index contributed by atoms with van der Waals surface area (Å²) >= 11 is 0. The highest BCUT2D eigenvalue weighted by Gasteiger charge is 2.37. The number of rotatable bonds is 6. The average molecular weight is 362 g/mol. The van der Waals surface area contributed by atoms with E-state index in [4.69, 9.17) is 4.43 Å². The maximum Gasteiger partial charge on any atom is 0.192 e. The first kappa shape index (κ1) is 19.9. The Morgan fingerprint density at radius 3 is 2.36 bits per heavy atom. The lowest BCUT2D eigenvalue weighted by Crippen LogP contribution is -2.43. The molecule has 0 bridgehead atoms. The molecule has 2 rings (SSSR count). The van der Waals surface area contributed by atoms with Crippen LogP contribution in [-0.2, 0) is 4.43 Å². The highest BCUT2D eigenvalue weighted by molar-refractivity contribution is 6.74. The first-order chi connectivity index (χ1) is 11.7. The largest absolute Gasteiger partial charge is 0.415 e. The molecule has 1 aromatic carbocycles. The highest BCUT2D eigenvalue weighted by Crippen LogP contribution is 2.36. The lowest BCUT2D eigenvalue weighted by Gasteiger charge is -2.38. The van der Waals surface area contributed by atoms with Crippen LogP contribution >= 0.6 is 0 Å². The summed E-state index contributed by atoms with van der Waals surface area (Å²) in [6, 6.07) is 7.11. The molecule has 0 radical (unpaired) electrons. The van der Waals surface area contributed by atoms with Crippen LogP contribution in [-0.4, -0.2) is 32.4 Å². The Morgan fingerprint density at radius 2 is 1.80 bits per heavy atom. The third-order valence-corrected chi connectivity index (χ3v) is 10.0. The molecule has 1 atom stereocenters. The van der Waals surface area contributed by atoms with Gasteiger partial charge in [0.1, 0.15) is 5.82 Å². The molecule has 4 heteroatoms. The predicted octanol–water partition coefficient (Wildman–Crippen LogP) is 5.84. The molecule has 0 saturated heterocycles. The molecule has 0 fully saturated rings. The molecule has 2 nitrogen and oxygen atoms in total. The van der Waals surface area contributed by atoms with Crippen LogP contribution in [0.25, 0.3) is 5.57 Å². The minimum atomic E-state index is -1.72. The van der Waals surface area contributed by atoms with Crippen molar-refractivity contribution in [1.82, 2.24) is 4.90 Å². The summed E-state index contributed by atoms with van der Waals surface area (Å²) in [7, 11) is -1.72. The van der Waals surface area contributed by atoms with E-state index in [0.29, 0.717) is 6.04 Å². The van der Waals surface area contributed by atoms with Crippen LogP contribution in [0.15, 0.2) is 42.6 Å². The van der Waals surface area contributed by atoms with E-state index in [0.717, 1.165) is 25.1 Å². The van der Waals surface area contributed by atoms with Crippen molar-refractivity contribution in [2.24, 2.45) is 0 Å². The van der Waals surface area contributed by atoms with E-state index in [1.165, 1.54) is 17.7 Å². The van der Waals surface area contributed by atoms with Gasteiger partial charge in [-0.05, 0) is 60.1 Å². The van der Waals surface area contributed by atoms with E-state index >= 15 is 0 Å². The van der Waals surface area contributed by atoms with Crippen LogP contribution in [0.5, 0.6) is 0 Å². The quantitative estimate of drug-likeness (QED) is 0.590. The molecule has 0 spiro atoms. The van der Waals surface area contributed by atoms with Gasteiger partial charge in [0, 0.05) is 6.54 Å². The summed E-state index contributed by atoms with van der Waals surface area (Å²) in [5.74, 6) is -0.191. The fraction of sp³-hybridized carbons (Fsp3) is 0.524. The average Bonchev–Trinajstić information content (AvgIpc) is 2.54. The Bertz CT molecular complexity index is 628. The molecular formula is C21H32FNOSi. The second kappa shape index (κ2) is 7.88. The number of halogens is 1. The number of hydrogen-bond donors (Lipinski definition) is 0. The van der Waals surface area contributed by atoms with Crippen LogP contribution in [0.3, 0.4) is 0 Å². The summed E-state index contributed by atoms with van der Waals surface area (Å²) in [6.45, 7) is 15.2. The van der Waals surface area contributed by atoms with Crippen molar-refractivity contribution in [1.29, 1.82) is 0 Å². The van der Waals surface area contributed by atoms with Gasteiger partial charge in [0.15, 0.2) is 8.32 Å². The van der Waals surface area contributed by atoms with Crippen molar-refractivity contribution >= 4 is 13.9 Å². The van der Waals surface area contributed by atoms with Crippen molar-refractivity contribution in [2.75, 3.05) is 13.2 Å². The molecule has 0 amide bonds. The SMILES string of the molecule is CCC1C(c2ccc(F)cc2)=CC=CN1CCO[Si](C)(C)C(C)(C)C. The Labute approximate surface area is 153 Å². The van der Waals surface area contributed by atoms with Crippen molar-refractivity contribution in [3.05, 3.63) is 54.0 Å². The molecule has 0 aliphatic carbocycles. The van der Waals surface area contributed by atoms with Gasteiger partial charge in [0.05, 0.1) is 12.6 Å². The number of allylic oxidation sites excluding steroid dienone is 2. The number of hydrogen-bond acceptors (Lipinski definition) is 2. The van der Waals surface area contributed by atoms with E-state index in [1.54, 1.807) is 0 Å². The normalized spacial score (nSPS) is 18.4. The molecule has 0 aromatic heterocycles. The maximum absolute atomic E-state index is 13.2. The topological polar surface area (TPSA) is 12.5 Å². The van der Waals surface area contributed by atoms with Gasteiger partial charge in [-0.3, -0.25) is 0 Å². The van der Waals surface area contributed by atoms with E-state index in [2.05, 4.69) is 64.0 Å². The highest BCUT2D eigenvalue weighted by atomic mass is 28.4. The van der Waals surface area contributed by atoms with Gasteiger partial charge >= 0.3 is 0 Å². The van der Waals surface area contributed by atoms with Crippen LogP contribution < -0.4 is 0 Å². The number of nitrogens with zero attached hydrogens (tertiary/aromatic N) is 1. The Balaban J connectivity index is 2.04. The second-order valence-electron chi connectivity index (χ2n) is 8.24. The molecule has 1 aliphatic rings. The van der Waals surface area contributed by atoms with Gasteiger partial charge in [-0.2, -0.15) is 0 Å². The van der Waals surface area contributed by atoms with Crippen molar-refractivity contribution < 1.29 is 8.82 Å². The van der Waals surface area contributed by atoms with Gasteiger partial charge in [-0.15, -0.1) is 0 Å². The summed E-state index contributed by atoms with van der Waals surface area (Å²) in [5, 5.41) is 0.230. The maximum atomic E-state index is 13.2. The Hall–Kier alpha value is -1.39. The van der Waals surface area contributed by atoms with E-state index in [1.807, 2.05) is 12.1 Å². The van der Waals surface area contributed by atoms with Gasteiger partial charge in [0.2, 0.25) is 0 Å². The van der Waals surface area contributed by atoms with Crippen LogP contribution in [0.1, 0.15) is 39.7 Å². The lowest BCUT2D eigenvalue weighted by molar-refractivity contribution is 0.218. The molecule has 1 heterocycles. The second-order valence-corrected chi connectivity index (χ2v) is 13.1. The van der Waals surface area contributed by atoms with Crippen LogP contribution in [0.2, 0.25) is 18.1 Å². The van der Waals surface area contributed by atoms with Gasteiger partial charge in [-0.1, -0.05) is 45.9 Å². The smallest absolute Gasteiger partial charge is 0.192 e. The van der Waals surface area contributed by atoms with Crippen molar-refractivity contribution in [2.45, 2.75) is 58.3 Å². The minimum Gasteiger partial charge on any atom is -0.415 e. The van der Waals surface area contributed by atoms with Gasteiger partial charge in [-0.25, -0.2) is 4.39 Å². The van der Waals surface area contributed by atoms with Crippen LogP contribution in [0, 0.1) is 5.82 Å². The fourth-order valence-corrected chi connectivity index (χ4v) is 3.92. The third-order valence-electron chi connectivity index (χ3n) is 5.50. The van der Waals surface area contributed by atoms with E-state index < -0.39 is 8.32 Å². The minimum absolute atomic E-state index is 0.191. The van der Waals surface area contributed by atoms with E-state index in [9.17, 15) is 4.39 Å². The first-order valence-corrected chi connectivity index (χ1v) is 12.1. The summed E-state index contributed by atoms with van der Waals surface area (Å²) in [5.41, 5.74) is 2.34. The van der Waals surface area contributed by atoms with Crippen molar-refractivity contribution in [3.63, 3.8) is 0 Å². The summed E-state index contributed by atoms with van der Waals surface area (Å²) in [4.78, 5) is 2.35. The molecule has 0 saturated carbocycles. The zero-order chi connectivity index (χ0) is 18.7. The third kappa shape index (κ3) is 4.82. The summed E-state index contributed by atoms with van der Waals surface area (Å²) in [6.07, 6.45) is 7.38. The fourth-order valence-electron chi connectivity index (χ4n) is 2.89. The Kier molecular flexibility index (Phi) is 6.28. The van der Waals surface area contributed by atoms with E-state index in [-0.39, 0.29) is 10.9 Å². The lowest BCUT2D eigenvalue weighted by atomic mass is 9.93. The van der Waals surface area contributed by atoms with Crippen LogP contribution in [0.4, 0.5) is 4.39 Å². The molecule has 138 valence electrons. The summed E-state index contributed by atoms with van der Waals surface area (Å²) < 4.78 is 19.6. The zero-order valence-electron chi connectivity index (χ0n) is 16.5.